The van der Waals surface area contributed by atoms with E-state index in [1.807, 2.05) is 6.07 Å². The third kappa shape index (κ3) is 4.67. The number of rotatable bonds is 7. The third-order valence-electron chi connectivity index (χ3n) is 2.74. The summed E-state index contributed by atoms with van der Waals surface area (Å²) in [6.45, 7) is 1.68. The molecule has 0 spiro atoms. The highest BCUT2D eigenvalue weighted by Crippen LogP contribution is 2.29. The van der Waals surface area contributed by atoms with E-state index < -0.39 is 20.6 Å². The zero-order valence-electron chi connectivity index (χ0n) is 11.3. The number of nitrogens with zero attached hydrogens (tertiary/aromatic N) is 2. The predicted molar refractivity (Wildman–Crippen MR) is 77.5 cm³/mol. The van der Waals surface area contributed by atoms with Gasteiger partial charge in [-0.2, -0.15) is 5.26 Å². The number of hydrogen-bond donors (Lipinski definition) is 1. The monoisotopic (exact) mass is 331 g/mol. The van der Waals surface area contributed by atoms with Gasteiger partial charge in [0.05, 0.1) is 15.9 Å². The number of sulfonamides is 1. The first kappa shape index (κ1) is 17.4. The molecule has 0 radical (unpaired) electrons. The van der Waals surface area contributed by atoms with Crippen LogP contribution in [0, 0.1) is 28.4 Å². The molecule has 0 aliphatic carbocycles. The molecule has 1 N–H and O–H groups in total. The molecule has 0 heterocycles. The number of aryl methyl sites for hydroxylation is 1. The van der Waals surface area contributed by atoms with Crippen molar-refractivity contribution in [2.24, 2.45) is 0 Å². The minimum absolute atomic E-state index is 0.106. The first-order valence-corrected chi connectivity index (χ1v) is 7.97. The molecule has 1 aromatic carbocycles. The van der Waals surface area contributed by atoms with Crippen molar-refractivity contribution in [1.82, 2.24) is 4.72 Å². The maximum atomic E-state index is 12.1. The predicted octanol–water partition coefficient (Wildman–Crippen LogP) is 2.53. The summed E-state index contributed by atoms with van der Waals surface area (Å²) in [6, 6.07) is 4.17. The Labute approximate surface area is 127 Å². The second-order valence-corrected chi connectivity index (χ2v) is 6.48. The Hall–Kier alpha value is -1.69. The van der Waals surface area contributed by atoms with Crippen LogP contribution >= 0.6 is 11.6 Å². The van der Waals surface area contributed by atoms with Crippen LogP contribution in [0.25, 0.3) is 0 Å². The summed E-state index contributed by atoms with van der Waals surface area (Å²) in [5, 5.41) is 19.1. The first-order valence-electron chi connectivity index (χ1n) is 6.10. The van der Waals surface area contributed by atoms with E-state index in [1.165, 1.54) is 13.0 Å². The molecule has 21 heavy (non-hydrogen) atoms. The van der Waals surface area contributed by atoms with Crippen LogP contribution in [-0.4, -0.2) is 19.9 Å². The van der Waals surface area contributed by atoms with Crippen molar-refractivity contribution >= 4 is 27.3 Å². The van der Waals surface area contributed by atoms with Crippen molar-refractivity contribution in [1.29, 1.82) is 5.26 Å². The lowest BCUT2D eigenvalue weighted by Gasteiger charge is -2.09. The summed E-state index contributed by atoms with van der Waals surface area (Å²) in [5.74, 6) is 0. The van der Waals surface area contributed by atoms with Gasteiger partial charge in [0.2, 0.25) is 10.0 Å². The van der Waals surface area contributed by atoms with Gasteiger partial charge >= 0.3 is 0 Å². The third-order valence-corrected chi connectivity index (χ3v) is 4.64. The maximum absolute atomic E-state index is 12.1. The summed E-state index contributed by atoms with van der Waals surface area (Å²) < 4.78 is 26.6. The van der Waals surface area contributed by atoms with Gasteiger partial charge in [-0.1, -0.05) is 11.6 Å². The van der Waals surface area contributed by atoms with Crippen molar-refractivity contribution in [2.75, 3.05) is 6.54 Å². The molecule has 9 heteroatoms. The number of nitrogens with one attached hydrogen (secondary N) is 1. The molecule has 0 bridgehead atoms. The Kier molecular flexibility index (Phi) is 6.08. The molecular formula is C12H14ClN3O4S. The van der Waals surface area contributed by atoms with E-state index in [0.29, 0.717) is 24.8 Å². The van der Waals surface area contributed by atoms with Crippen LogP contribution in [0.15, 0.2) is 17.0 Å². The van der Waals surface area contributed by atoms with Gasteiger partial charge in [-0.05, 0) is 31.4 Å². The zero-order chi connectivity index (χ0) is 16.0. The Morgan fingerprint density at radius 2 is 2.10 bits per heavy atom. The van der Waals surface area contributed by atoms with Crippen LogP contribution in [0.1, 0.15) is 24.8 Å². The Morgan fingerprint density at radius 1 is 1.43 bits per heavy atom. The topological polar surface area (TPSA) is 113 Å². The molecule has 0 aromatic heterocycles. The summed E-state index contributed by atoms with van der Waals surface area (Å²) in [6.07, 6.45) is 1.45. The van der Waals surface area contributed by atoms with Crippen LogP contribution in [0.3, 0.4) is 0 Å². The molecular weight excluding hydrogens is 318 g/mol. The molecule has 1 aromatic rings. The molecule has 1 rings (SSSR count). The Morgan fingerprint density at radius 3 is 2.67 bits per heavy atom. The van der Waals surface area contributed by atoms with Gasteiger partial charge in [-0.15, -0.1) is 0 Å². The summed E-state index contributed by atoms with van der Waals surface area (Å²) >= 11 is 5.72. The van der Waals surface area contributed by atoms with Crippen LogP contribution in [0.4, 0.5) is 5.69 Å². The second-order valence-electron chi connectivity index (χ2n) is 4.34. The molecule has 114 valence electrons. The molecule has 0 aliphatic rings. The smallest absolute Gasteiger partial charge is 0.258 e. The first-order chi connectivity index (χ1) is 9.79. The molecule has 0 saturated carbocycles. The number of hydrogen-bond acceptors (Lipinski definition) is 5. The molecule has 0 unspecified atom stereocenters. The van der Waals surface area contributed by atoms with Crippen molar-refractivity contribution in [3.8, 4) is 6.07 Å². The van der Waals surface area contributed by atoms with Crippen molar-refractivity contribution < 1.29 is 13.3 Å². The van der Waals surface area contributed by atoms with Crippen molar-refractivity contribution in [3.63, 3.8) is 0 Å². The van der Waals surface area contributed by atoms with Crippen LogP contribution in [0.2, 0.25) is 5.02 Å². The van der Waals surface area contributed by atoms with E-state index >= 15 is 0 Å². The fourth-order valence-corrected chi connectivity index (χ4v) is 3.29. The average Bonchev–Trinajstić information content (AvgIpc) is 2.37. The van der Waals surface area contributed by atoms with Gasteiger partial charge in [0.1, 0.15) is 5.02 Å². The van der Waals surface area contributed by atoms with E-state index in [9.17, 15) is 18.5 Å². The summed E-state index contributed by atoms with van der Waals surface area (Å²) in [7, 11) is -3.85. The van der Waals surface area contributed by atoms with Gasteiger partial charge in [0.25, 0.3) is 5.69 Å². The van der Waals surface area contributed by atoms with Crippen molar-refractivity contribution in [3.05, 3.63) is 32.8 Å². The van der Waals surface area contributed by atoms with E-state index in [0.717, 1.165) is 6.07 Å². The van der Waals surface area contributed by atoms with Gasteiger partial charge in [-0.25, -0.2) is 13.1 Å². The number of nitriles is 1. The molecule has 0 fully saturated rings. The number of halogens is 1. The van der Waals surface area contributed by atoms with Gasteiger partial charge in [-0.3, -0.25) is 10.1 Å². The highest BCUT2D eigenvalue weighted by atomic mass is 35.5. The van der Waals surface area contributed by atoms with Gasteiger partial charge < -0.3 is 0 Å². The normalized spacial score (nSPS) is 11.1. The van der Waals surface area contributed by atoms with Crippen molar-refractivity contribution in [2.45, 2.75) is 31.1 Å². The second kappa shape index (κ2) is 7.36. The molecule has 0 amide bonds. The average molecular weight is 332 g/mol. The summed E-state index contributed by atoms with van der Waals surface area (Å²) in [4.78, 5) is 9.92. The molecule has 0 atom stereocenters. The van der Waals surface area contributed by atoms with Crippen LogP contribution < -0.4 is 4.72 Å². The van der Waals surface area contributed by atoms with E-state index in [-0.39, 0.29) is 16.5 Å². The van der Waals surface area contributed by atoms with Gasteiger partial charge in [0.15, 0.2) is 0 Å². The van der Waals surface area contributed by atoms with Crippen LogP contribution in [-0.2, 0) is 10.0 Å². The zero-order valence-corrected chi connectivity index (χ0v) is 12.9. The van der Waals surface area contributed by atoms with E-state index in [1.54, 1.807) is 0 Å². The van der Waals surface area contributed by atoms with E-state index in [2.05, 4.69) is 4.72 Å². The number of nitro benzene ring substituents is 1. The molecule has 7 nitrogen and oxygen atoms in total. The van der Waals surface area contributed by atoms with Gasteiger partial charge in [0, 0.05) is 19.0 Å². The largest absolute Gasteiger partial charge is 0.289 e. The minimum atomic E-state index is -3.85. The maximum Gasteiger partial charge on any atom is 0.289 e. The minimum Gasteiger partial charge on any atom is -0.258 e. The standard InChI is InChI=1S/C12H14ClN3O4S/c1-9-7-10(13)11(16(17)18)8-12(9)21(19,20)15-6-4-2-3-5-14/h7-8,15H,2-4,6H2,1H3. The highest BCUT2D eigenvalue weighted by Gasteiger charge is 2.23. The van der Waals surface area contributed by atoms with E-state index in [4.69, 9.17) is 16.9 Å². The highest BCUT2D eigenvalue weighted by molar-refractivity contribution is 7.89. The Balaban J connectivity index is 2.95. The lowest BCUT2D eigenvalue weighted by Crippen LogP contribution is -2.25. The van der Waals surface area contributed by atoms with Crippen LogP contribution in [0.5, 0.6) is 0 Å². The molecule has 0 aliphatic heterocycles. The quantitative estimate of drug-likeness (QED) is 0.468. The number of benzene rings is 1. The number of nitro groups is 1. The lowest BCUT2D eigenvalue weighted by atomic mass is 10.2. The lowest BCUT2D eigenvalue weighted by molar-refractivity contribution is -0.384. The fraction of sp³-hybridized carbons (Fsp3) is 0.417. The Bertz CT molecular complexity index is 682. The fourth-order valence-electron chi connectivity index (χ4n) is 1.68. The summed E-state index contributed by atoms with van der Waals surface area (Å²) in [5.41, 5.74) is -0.123. The molecule has 0 saturated heterocycles. The SMILES string of the molecule is Cc1cc(Cl)c([N+](=O)[O-])cc1S(=O)(=O)NCCCCC#N. The number of unbranched alkanes of at least 4 members (excludes halogenated alkanes) is 2.